The normalized spacial score (nSPS) is 22.6. The molecule has 1 aliphatic heterocycles. The Morgan fingerprint density at radius 2 is 1.56 bits per heavy atom. The average molecular weight is 466 g/mol. The number of rotatable bonds is 5. The second-order valence-electron chi connectivity index (χ2n) is 9.39. The third-order valence-corrected chi connectivity index (χ3v) is 6.97. The Balaban J connectivity index is 1.37. The van der Waals surface area contributed by atoms with Crippen molar-refractivity contribution in [2.24, 2.45) is 5.92 Å². The number of hydrogen-bond acceptors (Lipinski definition) is 3. The molecule has 1 saturated carbocycles. The van der Waals surface area contributed by atoms with Gasteiger partial charge in [0.1, 0.15) is 5.82 Å². The van der Waals surface area contributed by atoms with Gasteiger partial charge < -0.3 is 15.5 Å². The molecule has 2 aromatic rings. The van der Waals surface area contributed by atoms with Crippen molar-refractivity contribution in [2.75, 3.05) is 13.1 Å². The largest absolute Gasteiger partial charge is 0.351 e. The van der Waals surface area contributed by atoms with Gasteiger partial charge in [0, 0.05) is 36.3 Å². The molecule has 3 atom stereocenters. The van der Waals surface area contributed by atoms with Gasteiger partial charge in [-0.1, -0.05) is 31.0 Å². The lowest BCUT2D eigenvalue weighted by Gasteiger charge is -2.36. The number of halogens is 1. The molecule has 0 radical (unpaired) electrons. The zero-order valence-corrected chi connectivity index (χ0v) is 19.6. The quantitative estimate of drug-likeness (QED) is 0.704. The van der Waals surface area contributed by atoms with Crippen molar-refractivity contribution < 1.29 is 18.8 Å². The maximum Gasteiger partial charge on any atom is 0.254 e. The molecular formula is C27H32FN3O3. The second-order valence-corrected chi connectivity index (χ2v) is 9.39. The lowest BCUT2D eigenvalue weighted by Crippen LogP contribution is -2.55. The molecule has 180 valence electrons. The van der Waals surface area contributed by atoms with Crippen LogP contribution in [0.4, 0.5) is 4.39 Å². The average Bonchev–Trinajstić information content (AvgIpc) is 2.85. The summed E-state index contributed by atoms with van der Waals surface area (Å²) in [6.45, 7) is 2.97. The standard InChI is InChI=1S/C27H32FN3O3/c1-18-7-2-3-9-22(18)27(34)31-16-6-8-20(17-31)26(33)30-24-11-5-4-10-23(24)29-25(32)19-12-14-21(28)15-13-19/h2-3,7,9,12-15,20,23-24H,4-6,8,10-11,16-17H2,1H3,(H,29,32)(H,30,33)/t20?,23-,24-/m1/s1. The molecule has 2 aromatic carbocycles. The number of nitrogens with zero attached hydrogens (tertiary/aromatic N) is 1. The molecular weight excluding hydrogens is 433 g/mol. The number of benzene rings is 2. The molecule has 2 aliphatic rings. The summed E-state index contributed by atoms with van der Waals surface area (Å²) in [6.07, 6.45) is 5.05. The van der Waals surface area contributed by atoms with Crippen LogP contribution < -0.4 is 10.6 Å². The summed E-state index contributed by atoms with van der Waals surface area (Å²) in [5, 5.41) is 6.19. The van der Waals surface area contributed by atoms with Crippen molar-refractivity contribution in [1.29, 1.82) is 0 Å². The van der Waals surface area contributed by atoms with Crippen LogP contribution in [-0.4, -0.2) is 47.8 Å². The van der Waals surface area contributed by atoms with E-state index in [4.69, 9.17) is 0 Å². The predicted octanol–water partition coefficient (Wildman–Crippen LogP) is 3.84. The molecule has 2 fully saturated rings. The lowest BCUT2D eigenvalue weighted by molar-refractivity contribution is -0.127. The Hall–Kier alpha value is -3.22. The van der Waals surface area contributed by atoms with Crippen LogP contribution in [0.15, 0.2) is 48.5 Å². The molecule has 1 unspecified atom stereocenters. The van der Waals surface area contributed by atoms with Crippen molar-refractivity contribution in [3.63, 3.8) is 0 Å². The Morgan fingerprint density at radius 1 is 0.882 bits per heavy atom. The highest BCUT2D eigenvalue weighted by atomic mass is 19.1. The molecule has 7 heteroatoms. The van der Waals surface area contributed by atoms with Crippen molar-refractivity contribution in [3.8, 4) is 0 Å². The fourth-order valence-electron chi connectivity index (χ4n) is 4.99. The van der Waals surface area contributed by atoms with Gasteiger partial charge in [0.05, 0.1) is 5.92 Å². The molecule has 6 nitrogen and oxygen atoms in total. The first kappa shape index (κ1) is 23.9. The highest BCUT2D eigenvalue weighted by Crippen LogP contribution is 2.23. The van der Waals surface area contributed by atoms with Crippen molar-refractivity contribution in [1.82, 2.24) is 15.5 Å². The SMILES string of the molecule is Cc1ccccc1C(=O)N1CCCC(C(=O)N[C@@H]2CCCC[C@H]2NC(=O)c2ccc(F)cc2)C1. The summed E-state index contributed by atoms with van der Waals surface area (Å²) < 4.78 is 13.2. The monoisotopic (exact) mass is 465 g/mol. The summed E-state index contributed by atoms with van der Waals surface area (Å²) in [5.41, 5.74) is 2.01. The Morgan fingerprint density at radius 3 is 2.26 bits per heavy atom. The fraction of sp³-hybridized carbons (Fsp3) is 0.444. The third-order valence-electron chi connectivity index (χ3n) is 6.97. The first-order valence-corrected chi connectivity index (χ1v) is 12.1. The van der Waals surface area contributed by atoms with Crippen LogP contribution in [0.2, 0.25) is 0 Å². The predicted molar refractivity (Wildman–Crippen MR) is 128 cm³/mol. The van der Waals surface area contributed by atoms with Gasteiger partial charge in [-0.05, 0) is 68.5 Å². The van der Waals surface area contributed by atoms with E-state index in [1.54, 1.807) is 4.90 Å². The van der Waals surface area contributed by atoms with Gasteiger partial charge in [-0.2, -0.15) is 0 Å². The summed E-state index contributed by atoms with van der Waals surface area (Å²) >= 11 is 0. The Kier molecular flexibility index (Phi) is 7.60. The summed E-state index contributed by atoms with van der Waals surface area (Å²) in [6, 6.07) is 12.6. The molecule has 1 saturated heterocycles. The highest BCUT2D eigenvalue weighted by Gasteiger charge is 2.33. The number of piperidine rings is 1. The Bertz CT molecular complexity index is 1040. The van der Waals surface area contributed by atoms with E-state index in [1.165, 1.54) is 24.3 Å². The maximum atomic E-state index is 13.2. The second kappa shape index (κ2) is 10.8. The van der Waals surface area contributed by atoms with E-state index in [0.717, 1.165) is 44.1 Å². The zero-order chi connectivity index (χ0) is 24.1. The molecule has 0 spiro atoms. The van der Waals surface area contributed by atoms with Gasteiger partial charge >= 0.3 is 0 Å². The van der Waals surface area contributed by atoms with Crippen molar-refractivity contribution in [2.45, 2.75) is 57.5 Å². The number of hydrogen-bond donors (Lipinski definition) is 2. The number of carbonyl (C=O) groups excluding carboxylic acids is 3. The van der Waals surface area contributed by atoms with Gasteiger partial charge in [-0.15, -0.1) is 0 Å². The first-order chi connectivity index (χ1) is 16.4. The van der Waals surface area contributed by atoms with E-state index >= 15 is 0 Å². The minimum atomic E-state index is -0.387. The number of amides is 3. The summed E-state index contributed by atoms with van der Waals surface area (Å²) in [4.78, 5) is 40.6. The maximum absolute atomic E-state index is 13.2. The number of carbonyl (C=O) groups is 3. The highest BCUT2D eigenvalue weighted by molar-refractivity contribution is 5.96. The number of likely N-dealkylation sites (tertiary alicyclic amines) is 1. The van der Waals surface area contributed by atoms with E-state index in [0.29, 0.717) is 24.2 Å². The van der Waals surface area contributed by atoms with Crippen LogP contribution in [0.1, 0.15) is 64.8 Å². The smallest absolute Gasteiger partial charge is 0.254 e. The Labute approximate surface area is 199 Å². The van der Waals surface area contributed by atoms with Gasteiger partial charge in [0.2, 0.25) is 5.91 Å². The first-order valence-electron chi connectivity index (χ1n) is 12.1. The molecule has 4 rings (SSSR count). The van der Waals surface area contributed by atoms with E-state index in [9.17, 15) is 18.8 Å². The van der Waals surface area contributed by atoms with Crippen molar-refractivity contribution >= 4 is 17.7 Å². The van der Waals surface area contributed by atoms with Crippen LogP contribution in [0.5, 0.6) is 0 Å². The van der Waals surface area contributed by atoms with E-state index in [2.05, 4.69) is 10.6 Å². The summed E-state index contributed by atoms with van der Waals surface area (Å²) in [5.74, 6) is -1.01. The van der Waals surface area contributed by atoms with Crippen molar-refractivity contribution in [3.05, 3.63) is 71.0 Å². The third kappa shape index (κ3) is 5.64. The van der Waals surface area contributed by atoms with E-state index in [1.807, 2.05) is 31.2 Å². The zero-order valence-electron chi connectivity index (χ0n) is 19.6. The van der Waals surface area contributed by atoms with Crippen LogP contribution in [-0.2, 0) is 4.79 Å². The van der Waals surface area contributed by atoms with Gasteiger partial charge in [-0.25, -0.2) is 4.39 Å². The molecule has 0 bridgehead atoms. The molecule has 3 amide bonds. The van der Waals surface area contributed by atoms with Gasteiger partial charge in [-0.3, -0.25) is 14.4 Å². The van der Waals surface area contributed by atoms with E-state index in [-0.39, 0.29) is 41.5 Å². The minimum absolute atomic E-state index is 0.0299. The summed E-state index contributed by atoms with van der Waals surface area (Å²) in [7, 11) is 0. The number of nitrogens with one attached hydrogen (secondary N) is 2. The molecule has 1 heterocycles. The molecule has 34 heavy (non-hydrogen) atoms. The molecule has 0 aromatic heterocycles. The van der Waals surface area contributed by atoms with E-state index < -0.39 is 0 Å². The van der Waals surface area contributed by atoms with Crippen LogP contribution in [0, 0.1) is 18.7 Å². The van der Waals surface area contributed by atoms with Gasteiger partial charge in [0.25, 0.3) is 11.8 Å². The number of aryl methyl sites for hydroxylation is 1. The molecule has 1 aliphatic carbocycles. The molecule has 2 N–H and O–H groups in total. The van der Waals surface area contributed by atoms with Gasteiger partial charge in [0.15, 0.2) is 0 Å². The lowest BCUT2D eigenvalue weighted by atomic mass is 9.88. The van der Waals surface area contributed by atoms with Crippen LogP contribution in [0.25, 0.3) is 0 Å². The fourth-order valence-corrected chi connectivity index (χ4v) is 4.99. The minimum Gasteiger partial charge on any atom is -0.351 e. The van der Waals surface area contributed by atoms with Crippen LogP contribution in [0.3, 0.4) is 0 Å². The van der Waals surface area contributed by atoms with Crippen LogP contribution >= 0.6 is 0 Å². The topological polar surface area (TPSA) is 78.5 Å².